The van der Waals surface area contributed by atoms with Gasteiger partial charge in [-0.05, 0) is 19.8 Å². The normalized spacial score (nSPS) is 22.3. The predicted octanol–water partition coefficient (Wildman–Crippen LogP) is 0.771. The summed E-state index contributed by atoms with van der Waals surface area (Å²) in [6.07, 6.45) is 1.50. The molecule has 1 unspecified atom stereocenters. The van der Waals surface area contributed by atoms with E-state index >= 15 is 0 Å². The first-order valence-electron chi connectivity index (χ1n) is 6.94. The van der Waals surface area contributed by atoms with Crippen molar-refractivity contribution in [3.8, 4) is 0 Å². The SMILES string of the molecule is COCCNc1nc(N)c(C(=O)N2CCCC(C)(O)C2)s1. The summed E-state index contributed by atoms with van der Waals surface area (Å²) in [5.74, 6) is 0.0694. The summed E-state index contributed by atoms with van der Waals surface area (Å²) in [7, 11) is 1.62. The summed E-state index contributed by atoms with van der Waals surface area (Å²) in [4.78, 5) is 18.7. The zero-order valence-corrected chi connectivity index (χ0v) is 13.2. The molecule has 118 valence electrons. The lowest BCUT2D eigenvalue weighted by Gasteiger charge is -2.36. The molecule has 0 radical (unpaired) electrons. The number of anilines is 2. The summed E-state index contributed by atoms with van der Waals surface area (Å²) in [5.41, 5.74) is 5.01. The first-order valence-corrected chi connectivity index (χ1v) is 7.75. The Hall–Kier alpha value is -1.38. The molecule has 1 aromatic heterocycles. The van der Waals surface area contributed by atoms with Gasteiger partial charge in [-0.1, -0.05) is 11.3 Å². The quantitative estimate of drug-likeness (QED) is 0.694. The molecule has 2 heterocycles. The van der Waals surface area contributed by atoms with Crippen LogP contribution in [-0.2, 0) is 4.74 Å². The van der Waals surface area contributed by atoms with Crippen LogP contribution in [0.3, 0.4) is 0 Å². The van der Waals surface area contributed by atoms with E-state index in [1.54, 1.807) is 18.9 Å². The molecule has 4 N–H and O–H groups in total. The topological polar surface area (TPSA) is 101 Å². The summed E-state index contributed by atoms with van der Waals surface area (Å²) in [6, 6.07) is 0. The van der Waals surface area contributed by atoms with E-state index in [1.165, 1.54) is 11.3 Å². The van der Waals surface area contributed by atoms with Crippen molar-refractivity contribution in [3.63, 3.8) is 0 Å². The van der Waals surface area contributed by atoms with Crippen LogP contribution < -0.4 is 11.1 Å². The van der Waals surface area contributed by atoms with Gasteiger partial charge >= 0.3 is 0 Å². The van der Waals surface area contributed by atoms with Gasteiger partial charge in [-0.3, -0.25) is 4.79 Å². The number of nitrogens with two attached hydrogens (primary N) is 1. The second-order valence-electron chi connectivity index (χ2n) is 5.48. The van der Waals surface area contributed by atoms with Gasteiger partial charge in [-0.25, -0.2) is 4.98 Å². The van der Waals surface area contributed by atoms with Gasteiger partial charge in [0.1, 0.15) is 10.7 Å². The number of likely N-dealkylation sites (tertiary alicyclic amines) is 1. The van der Waals surface area contributed by atoms with Gasteiger partial charge in [0.15, 0.2) is 5.13 Å². The van der Waals surface area contributed by atoms with E-state index in [-0.39, 0.29) is 11.7 Å². The number of aliphatic hydroxyl groups is 1. The van der Waals surface area contributed by atoms with E-state index < -0.39 is 5.60 Å². The van der Waals surface area contributed by atoms with Crippen LogP contribution in [0.5, 0.6) is 0 Å². The molecule has 0 aliphatic carbocycles. The van der Waals surface area contributed by atoms with Crippen molar-refractivity contribution >= 4 is 28.2 Å². The lowest BCUT2D eigenvalue weighted by atomic mass is 9.95. The van der Waals surface area contributed by atoms with Crippen molar-refractivity contribution in [1.82, 2.24) is 9.88 Å². The molecule has 8 heteroatoms. The maximum absolute atomic E-state index is 12.5. The molecule has 1 atom stereocenters. The highest BCUT2D eigenvalue weighted by atomic mass is 32.1. The van der Waals surface area contributed by atoms with E-state index in [1.807, 2.05) is 0 Å². The van der Waals surface area contributed by atoms with Gasteiger partial charge in [-0.2, -0.15) is 0 Å². The van der Waals surface area contributed by atoms with Gasteiger partial charge in [-0.15, -0.1) is 0 Å². The van der Waals surface area contributed by atoms with Crippen molar-refractivity contribution in [3.05, 3.63) is 4.88 Å². The number of hydrogen-bond acceptors (Lipinski definition) is 7. The number of aromatic nitrogens is 1. The van der Waals surface area contributed by atoms with Crippen molar-refractivity contribution in [2.24, 2.45) is 0 Å². The van der Waals surface area contributed by atoms with Crippen molar-refractivity contribution in [2.45, 2.75) is 25.4 Å². The lowest BCUT2D eigenvalue weighted by Crippen LogP contribution is -2.48. The van der Waals surface area contributed by atoms with Gasteiger partial charge in [0.25, 0.3) is 5.91 Å². The number of hydrogen-bond donors (Lipinski definition) is 3. The van der Waals surface area contributed by atoms with Gasteiger partial charge < -0.3 is 25.8 Å². The second-order valence-corrected chi connectivity index (χ2v) is 6.48. The van der Waals surface area contributed by atoms with Crippen LogP contribution in [0, 0.1) is 0 Å². The summed E-state index contributed by atoms with van der Waals surface area (Å²) < 4.78 is 4.95. The van der Waals surface area contributed by atoms with Crippen LogP contribution in [0.15, 0.2) is 0 Å². The van der Waals surface area contributed by atoms with Crippen LogP contribution in [0.2, 0.25) is 0 Å². The number of methoxy groups -OCH3 is 1. The fourth-order valence-electron chi connectivity index (χ4n) is 2.36. The minimum absolute atomic E-state index is 0.162. The Labute approximate surface area is 128 Å². The molecule has 0 aromatic carbocycles. The summed E-state index contributed by atoms with van der Waals surface area (Å²) in [5, 5.41) is 13.8. The van der Waals surface area contributed by atoms with Crippen LogP contribution in [0.4, 0.5) is 10.9 Å². The number of ether oxygens (including phenoxy) is 1. The number of thiazole rings is 1. The molecule has 0 saturated carbocycles. The molecule has 21 heavy (non-hydrogen) atoms. The molecule has 2 rings (SSSR count). The maximum atomic E-state index is 12.5. The minimum Gasteiger partial charge on any atom is -0.388 e. The molecule has 0 bridgehead atoms. The van der Waals surface area contributed by atoms with Crippen molar-refractivity contribution in [2.75, 3.05) is 44.4 Å². The first kappa shape index (κ1) is 16.0. The Morgan fingerprint density at radius 3 is 3.10 bits per heavy atom. The molecular weight excluding hydrogens is 292 g/mol. The number of piperidine rings is 1. The Balaban J connectivity index is 2.05. The number of rotatable bonds is 5. The zero-order chi connectivity index (χ0) is 15.5. The van der Waals surface area contributed by atoms with Crippen molar-refractivity contribution < 1.29 is 14.6 Å². The van der Waals surface area contributed by atoms with E-state index in [2.05, 4.69) is 10.3 Å². The van der Waals surface area contributed by atoms with Gasteiger partial charge in [0, 0.05) is 26.7 Å². The monoisotopic (exact) mass is 314 g/mol. The number of amides is 1. The lowest BCUT2D eigenvalue weighted by molar-refractivity contribution is -0.0105. The minimum atomic E-state index is -0.826. The average Bonchev–Trinajstić information content (AvgIpc) is 2.78. The van der Waals surface area contributed by atoms with Gasteiger partial charge in [0.05, 0.1) is 12.2 Å². The second kappa shape index (κ2) is 6.59. The van der Waals surface area contributed by atoms with Crippen LogP contribution in [0.1, 0.15) is 29.4 Å². The fraction of sp³-hybridized carbons (Fsp3) is 0.692. The fourth-order valence-corrected chi connectivity index (χ4v) is 3.24. The molecule has 1 saturated heterocycles. The number of nitrogens with one attached hydrogen (secondary N) is 1. The number of nitrogen functional groups attached to an aromatic ring is 1. The Morgan fingerprint density at radius 1 is 1.67 bits per heavy atom. The maximum Gasteiger partial charge on any atom is 0.267 e. The smallest absolute Gasteiger partial charge is 0.267 e. The van der Waals surface area contributed by atoms with Crippen molar-refractivity contribution in [1.29, 1.82) is 0 Å². The van der Waals surface area contributed by atoms with E-state index in [4.69, 9.17) is 10.5 Å². The molecule has 1 aromatic rings. The van der Waals surface area contributed by atoms with E-state index in [0.29, 0.717) is 42.7 Å². The number of carbonyl (C=O) groups is 1. The number of β-amino-alcohol motifs (C(OH)–C–C–N with tert-alkyl or cyclic N) is 1. The number of nitrogens with zero attached hydrogens (tertiary/aromatic N) is 2. The molecule has 7 nitrogen and oxygen atoms in total. The third-order valence-corrected chi connectivity index (χ3v) is 4.41. The third kappa shape index (κ3) is 4.05. The standard InChI is InChI=1S/C13H22N4O3S/c1-13(19)4-3-6-17(8-13)11(18)9-10(14)16-12(21-9)15-5-7-20-2/h19H,3-8,14H2,1-2H3,(H,15,16). The Morgan fingerprint density at radius 2 is 2.43 bits per heavy atom. The predicted molar refractivity (Wildman–Crippen MR) is 82.7 cm³/mol. The summed E-state index contributed by atoms with van der Waals surface area (Å²) in [6.45, 7) is 3.88. The van der Waals surface area contributed by atoms with Crippen LogP contribution >= 0.6 is 11.3 Å². The van der Waals surface area contributed by atoms with E-state index in [9.17, 15) is 9.90 Å². The highest BCUT2D eigenvalue weighted by Crippen LogP contribution is 2.28. The van der Waals surface area contributed by atoms with Gasteiger partial charge in [0.2, 0.25) is 0 Å². The Bertz CT molecular complexity index is 504. The Kier molecular flexibility index (Phi) is 5.02. The average molecular weight is 314 g/mol. The largest absolute Gasteiger partial charge is 0.388 e. The molecule has 1 aliphatic rings. The molecular formula is C13H22N4O3S. The highest BCUT2D eigenvalue weighted by Gasteiger charge is 2.32. The van der Waals surface area contributed by atoms with Crippen LogP contribution in [-0.4, -0.2) is 59.8 Å². The number of carbonyl (C=O) groups excluding carboxylic acids is 1. The highest BCUT2D eigenvalue weighted by molar-refractivity contribution is 7.18. The molecule has 1 aliphatic heterocycles. The zero-order valence-electron chi connectivity index (χ0n) is 12.4. The first-order chi connectivity index (χ1) is 9.93. The van der Waals surface area contributed by atoms with E-state index in [0.717, 1.165) is 6.42 Å². The molecule has 0 spiro atoms. The molecule has 1 fully saturated rings. The summed E-state index contributed by atoms with van der Waals surface area (Å²) >= 11 is 1.24. The third-order valence-electron chi connectivity index (χ3n) is 3.39. The molecule has 1 amide bonds. The van der Waals surface area contributed by atoms with Crippen LogP contribution in [0.25, 0.3) is 0 Å².